The van der Waals surface area contributed by atoms with Crippen molar-refractivity contribution in [2.45, 2.75) is 57.5 Å². The van der Waals surface area contributed by atoms with Gasteiger partial charge in [-0.2, -0.15) is 0 Å². The number of nitrogens with zero attached hydrogens (tertiary/aromatic N) is 1. The number of benzene rings is 1. The van der Waals surface area contributed by atoms with E-state index in [0.29, 0.717) is 0 Å². The zero-order valence-electron chi connectivity index (χ0n) is 13.1. The van der Waals surface area contributed by atoms with Gasteiger partial charge in [-0.15, -0.1) is 0 Å². The molecule has 4 rings (SSSR count). The zero-order chi connectivity index (χ0) is 14.1. The highest BCUT2D eigenvalue weighted by Gasteiger charge is 2.31. The molecule has 0 bridgehead atoms. The second-order valence-electron chi connectivity index (χ2n) is 7.32. The predicted octanol–water partition coefficient (Wildman–Crippen LogP) is 3.96. The summed E-state index contributed by atoms with van der Waals surface area (Å²) in [5.41, 5.74) is 2.99. The van der Waals surface area contributed by atoms with Gasteiger partial charge in [0.1, 0.15) is 0 Å². The largest absolute Gasteiger partial charge is 0.371 e. The smallest absolute Gasteiger partial charge is 0.0411 e. The van der Waals surface area contributed by atoms with E-state index < -0.39 is 0 Å². The van der Waals surface area contributed by atoms with E-state index in [1.165, 1.54) is 69.3 Å². The van der Waals surface area contributed by atoms with Crippen LogP contribution in [0.15, 0.2) is 24.3 Å². The highest BCUT2D eigenvalue weighted by molar-refractivity contribution is 5.54. The van der Waals surface area contributed by atoms with Gasteiger partial charge in [0.15, 0.2) is 0 Å². The molecule has 0 radical (unpaired) electrons. The Morgan fingerprint density at radius 2 is 1.76 bits per heavy atom. The molecule has 0 amide bonds. The molecule has 1 heterocycles. The number of nitrogens with one attached hydrogen (secondary N) is 1. The summed E-state index contributed by atoms with van der Waals surface area (Å²) in [5.74, 6) is 1.98. The van der Waals surface area contributed by atoms with Crippen LogP contribution < -0.4 is 10.2 Å². The van der Waals surface area contributed by atoms with Gasteiger partial charge in [0.05, 0.1) is 0 Å². The molecule has 2 heteroatoms. The van der Waals surface area contributed by atoms with E-state index in [2.05, 4.69) is 34.5 Å². The van der Waals surface area contributed by atoms with E-state index in [0.717, 1.165) is 24.4 Å². The minimum atomic E-state index is 0.794. The lowest BCUT2D eigenvalue weighted by molar-refractivity contribution is 0.202. The van der Waals surface area contributed by atoms with Gasteiger partial charge in [-0.05, 0) is 49.1 Å². The standard InChI is InChI=1S/C19H28N2/c1-2-7-17-14-21(12-11-15(17)5-1)19-8-4-3-6-16(19)13-20-18-9-10-18/h3-4,6,8,15,17-18,20H,1-2,5,7,9-14H2. The number of hydrogen-bond acceptors (Lipinski definition) is 2. The van der Waals surface area contributed by atoms with E-state index in [9.17, 15) is 0 Å². The van der Waals surface area contributed by atoms with E-state index in [1.54, 1.807) is 0 Å². The first-order valence-corrected chi connectivity index (χ1v) is 8.96. The lowest BCUT2D eigenvalue weighted by Gasteiger charge is -2.43. The molecule has 1 aromatic carbocycles. The molecule has 2 aliphatic carbocycles. The quantitative estimate of drug-likeness (QED) is 0.900. The maximum absolute atomic E-state index is 3.68. The van der Waals surface area contributed by atoms with Crippen LogP contribution in [0.25, 0.3) is 0 Å². The first-order chi connectivity index (χ1) is 10.4. The van der Waals surface area contributed by atoms with Crippen LogP contribution in [0, 0.1) is 11.8 Å². The second kappa shape index (κ2) is 6.00. The average Bonchev–Trinajstić information content (AvgIpc) is 3.37. The summed E-state index contributed by atoms with van der Waals surface area (Å²) in [6, 6.07) is 9.86. The summed E-state index contributed by atoms with van der Waals surface area (Å²) in [4.78, 5) is 2.68. The fourth-order valence-electron chi connectivity index (χ4n) is 4.33. The molecule has 1 saturated heterocycles. The van der Waals surface area contributed by atoms with Gasteiger partial charge in [-0.25, -0.2) is 0 Å². The molecular formula is C19H28N2. The molecule has 21 heavy (non-hydrogen) atoms. The topological polar surface area (TPSA) is 15.3 Å². The lowest BCUT2D eigenvalue weighted by Crippen LogP contribution is -2.42. The Labute approximate surface area is 128 Å². The van der Waals surface area contributed by atoms with Gasteiger partial charge in [-0.3, -0.25) is 0 Å². The number of anilines is 1. The summed E-state index contributed by atoms with van der Waals surface area (Å²) in [6.07, 6.45) is 10.0. The highest BCUT2D eigenvalue weighted by atomic mass is 15.1. The summed E-state index contributed by atoms with van der Waals surface area (Å²) in [7, 11) is 0. The normalized spacial score (nSPS) is 29.2. The molecule has 0 spiro atoms. The summed E-state index contributed by atoms with van der Waals surface area (Å²) in [5, 5.41) is 3.68. The van der Waals surface area contributed by atoms with E-state index >= 15 is 0 Å². The summed E-state index contributed by atoms with van der Waals surface area (Å²) in [6.45, 7) is 3.61. The second-order valence-corrected chi connectivity index (χ2v) is 7.32. The van der Waals surface area contributed by atoms with Gasteiger partial charge in [0, 0.05) is 31.4 Å². The molecule has 114 valence electrons. The predicted molar refractivity (Wildman–Crippen MR) is 88.6 cm³/mol. The van der Waals surface area contributed by atoms with Crippen molar-refractivity contribution < 1.29 is 0 Å². The number of para-hydroxylation sites is 1. The van der Waals surface area contributed by atoms with Gasteiger partial charge in [-0.1, -0.05) is 37.5 Å². The maximum Gasteiger partial charge on any atom is 0.0411 e. The summed E-state index contributed by atoms with van der Waals surface area (Å²) < 4.78 is 0. The van der Waals surface area contributed by atoms with Crippen LogP contribution >= 0.6 is 0 Å². The van der Waals surface area contributed by atoms with E-state index in [-0.39, 0.29) is 0 Å². The van der Waals surface area contributed by atoms with Crippen LogP contribution in [-0.4, -0.2) is 19.1 Å². The molecule has 2 saturated carbocycles. The van der Waals surface area contributed by atoms with Crippen LogP contribution in [0.4, 0.5) is 5.69 Å². The third-order valence-corrected chi connectivity index (χ3v) is 5.78. The minimum Gasteiger partial charge on any atom is -0.371 e. The highest BCUT2D eigenvalue weighted by Crippen LogP contribution is 2.38. The fraction of sp³-hybridized carbons (Fsp3) is 0.684. The maximum atomic E-state index is 3.68. The van der Waals surface area contributed by atoms with Gasteiger partial charge >= 0.3 is 0 Å². The third-order valence-electron chi connectivity index (χ3n) is 5.78. The van der Waals surface area contributed by atoms with Crippen molar-refractivity contribution in [1.29, 1.82) is 0 Å². The molecule has 2 unspecified atom stereocenters. The molecule has 3 aliphatic rings. The molecule has 0 aromatic heterocycles. The minimum absolute atomic E-state index is 0.794. The van der Waals surface area contributed by atoms with Gasteiger partial charge < -0.3 is 10.2 Å². The first kappa shape index (κ1) is 13.6. The van der Waals surface area contributed by atoms with Gasteiger partial charge in [0.2, 0.25) is 0 Å². The summed E-state index contributed by atoms with van der Waals surface area (Å²) >= 11 is 0. The van der Waals surface area contributed by atoms with Crippen molar-refractivity contribution in [3.63, 3.8) is 0 Å². The van der Waals surface area contributed by atoms with E-state index in [1.807, 2.05) is 0 Å². The van der Waals surface area contributed by atoms with Crippen molar-refractivity contribution in [2.24, 2.45) is 11.8 Å². The van der Waals surface area contributed by atoms with Crippen LogP contribution in [0.3, 0.4) is 0 Å². The van der Waals surface area contributed by atoms with Crippen LogP contribution in [0.2, 0.25) is 0 Å². The van der Waals surface area contributed by atoms with Crippen molar-refractivity contribution in [2.75, 3.05) is 18.0 Å². The van der Waals surface area contributed by atoms with Crippen LogP contribution in [-0.2, 0) is 6.54 Å². The van der Waals surface area contributed by atoms with Crippen molar-refractivity contribution in [3.8, 4) is 0 Å². The molecule has 1 aliphatic heterocycles. The third kappa shape index (κ3) is 3.11. The van der Waals surface area contributed by atoms with Crippen molar-refractivity contribution in [1.82, 2.24) is 5.32 Å². The monoisotopic (exact) mass is 284 g/mol. The zero-order valence-corrected chi connectivity index (χ0v) is 13.1. The SMILES string of the molecule is c1ccc(N2CCC3CCCCC3C2)c(CNC2CC2)c1. The molecule has 2 atom stereocenters. The Morgan fingerprint density at radius 1 is 0.952 bits per heavy atom. The van der Waals surface area contributed by atoms with Gasteiger partial charge in [0.25, 0.3) is 0 Å². The Kier molecular flexibility index (Phi) is 3.89. The number of piperidine rings is 1. The molecule has 2 nitrogen and oxygen atoms in total. The van der Waals surface area contributed by atoms with Crippen LogP contribution in [0.5, 0.6) is 0 Å². The molecule has 1 N–H and O–H groups in total. The number of rotatable bonds is 4. The molecular weight excluding hydrogens is 256 g/mol. The van der Waals surface area contributed by atoms with E-state index in [4.69, 9.17) is 0 Å². The average molecular weight is 284 g/mol. The Morgan fingerprint density at radius 3 is 2.62 bits per heavy atom. The fourth-order valence-corrected chi connectivity index (χ4v) is 4.33. The Balaban J connectivity index is 1.47. The number of fused-ring (bicyclic) bond motifs is 1. The van der Waals surface area contributed by atoms with Crippen LogP contribution in [0.1, 0.15) is 50.5 Å². The Bertz CT molecular complexity index is 480. The Hall–Kier alpha value is -1.02. The lowest BCUT2D eigenvalue weighted by atomic mass is 9.75. The molecule has 3 fully saturated rings. The molecule has 1 aromatic rings. The first-order valence-electron chi connectivity index (χ1n) is 8.96. The van der Waals surface area contributed by atoms with Crippen molar-refractivity contribution in [3.05, 3.63) is 29.8 Å². The van der Waals surface area contributed by atoms with Crippen molar-refractivity contribution >= 4 is 5.69 Å². The number of hydrogen-bond donors (Lipinski definition) is 1.